The maximum atomic E-state index is 12.0. The Balaban J connectivity index is 2.52. The van der Waals surface area contributed by atoms with E-state index in [1.54, 1.807) is 0 Å². The molecule has 0 radical (unpaired) electrons. The minimum Gasteiger partial charge on any atom is -0.299 e. The molecule has 2 aliphatic carbocycles. The van der Waals surface area contributed by atoms with Crippen molar-refractivity contribution in [1.82, 2.24) is 0 Å². The van der Waals surface area contributed by atoms with Crippen molar-refractivity contribution in [2.45, 2.75) is 37.9 Å². The van der Waals surface area contributed by atoms with Crippen molar-refractivity contribution in [3.63, 3.8) is 0 Å². The van der Waals surface area contributed by atoms with Gasteiger partial charge in [-0.2, -0.15) is 21.0 Å². The fourth-order valence-electron chi connectivity index (χ4n) is 3.37. The van der Waals surface area contributed by atoms with Gasteiger partial charge in [0, 0.05) is 11.2 Å². The van der Waals surface area contributed by atoms with Gasteiger partial charge in [-0.3, -0.25) is 9.35 Å². The minimum atomic E-state index is -4.14. The highest BCUT2D eigenvalue weighted by atomic mass is 32.2. The van der Waals surface area contributed by atoms with Crippen molar-refractivity contribution in [3.8, 4) is 0 Å². The van der Waals surface area contributed by atoms with Crippen LogP contribution < -0.4 is 0 Å². The monoisotopic (exact) mass is 264 g/mol. The molecule has 0 spiro atoms. The fourth-order valence-corrected chi connectivity index (χ4v) is 5.13. The van der Waals surface area contributed by atoms with Gasteiger partial charge in [0.25, 0.3) is 10.1 Å². The molecule has 92 valence electrons. The lowest BCUT2D eigenvalue weighted by atomic mass is 9.70. The normalized spacial score (nSPS) is 41.6. The number of Topliss-reactive ketones (excluding diaryl/α,β-unsaturated/α-hetero) is 1. The fraction of sp³-hybridized carbons (Fsp3) is 0.900. The molecule has 0 aromatic rings. The first kappa shape index (κ1) is 12.4. The van der Waals surface area contributed by atoms with Crippen molar-refractivity contribution in [3.05, 3.63) is 0 Å². The van der Waals surface area contributed by atoms with E-state index in [0.29, 0.717) is 12.8 Å². The first-order chi connectivity index (χ1) is 7.04. The van der Waals surface area contributed by atoms with Gasteiger partial charge >= 0.3 is 0 Å². The van der Waals surface area contributed by atoms with Gasteiger partial charge in [-0.1, -0.05) is 13.8 Å². The van der Waals surface area contributed by atoms with Crippen LogP contribution in [0.25, 0.3) is 0 Å². The number of hydrogen-bond acceptors (Lipinski definition) is 4. The smallest absolute Gasteiger partial charge is 0.265 e. The van der Waals surface area contributed by atoms with Gasteiger partial charge in [0.05, 0.1) is 11.2 Å². The Hall–Kier alpha value is -0.0700. The summed E-state index contributed by atoms with van der Waals surface area (Å²) in [6.45, 7) is 3.76. The maximum Gasteiger partial charge on any atom is 0.265 e. The molecule has 2 rings (SSSR count). The van der Waals surface area contributed by atoms with Crippen LogP contribution in [-0.2, 0) is 14.9 Å². The predicted octanol–water partition coefficient (Wildman–Crippen LogP) is 1.32. The Morgan fingerprint density at radius 2 is 1.94 bits per heavy atom. The Morgan fingerprint density at radius 3 is 2.25 bits per heavy atom. The molecular formula is C10H16O4S2. The summed E-state index contributed by atoms with van der Waals surface area (Å²) in [5.74, 6) is -0.537. The summed E-state index contributed by atoms with van der Waals surface area (Å²) >= 11 is 4.57. The van der Waals surface area contributed by atoms with E-state index in [-0.39, 0.29) is 5.78 Å². The molecule has 16 heavy (non-hydrogen) atoms. The van der Waals surface area contributed by atoms with E-state index in [4.69, 9.17) is 4.55 Å². The lowest BCUT2D eigenvalue weighted by Crippen LogP contribution is -2.43. The van der Waals surface area contributed by atoms with E-state index in [2.05, 4.69) is 12.6 Å². The number of rotatable bonds is 2. The molecule has 2 bridgehead atoms. The first-order valence-corrected chi connectivity index (χ1v) is 7.31. The summed E-state index contributed by atoms with van der Waals surface area (Å²) in [6, 6.07) is 0. The average Bonchev–Trinajstić information content (AvgIpc) is 2.30. The highest BCUT2D eigenvalue weighted by Gasteiger charge is 2.71. The molecule has 2 unspecified atom stereocenters. The Morgan fingerprint density at radius 1 is 1.38 bits per heavy atom. The van der Waals surface area contributed by atoms with Gasteiger partial charge in [-0.15, -0.1) is 0 Å². The van der Waals surface area contributed by atoms with Crippen molar-refractivity contribution >= 4 is 28.5 Å². The lowest BCUT2D eigenvalue weighted by molar-refractivity contribution is -0.128. The third kappa shape index (κ3) is 1.32. The molecule has 0 amide bonds. The quantitative estimate of drug-likeness (QED) is 0.583. The molecule has 0 aromatic carbocycles. The van der Waals surface area contributed by atoms with Gasteiger partial charge < -0.3 is 0 Å². The zero-order valence-electron chi connectivity index (χ0n) is 9.36. The minimum absolute atomic E-state index is 0.0728. The third-order valence-electron chi connectivity index (χ3n) is 4.74. The van der Waals surface area contributed by atoms with Crippen molar-refractivity contribution in [1.29, 1.82) is 0 Å². The number of carbonyl (C=O) groups excluding carboxylic acids is 1. The molecular weight excluding hydrogens is 248 g/mol. The molecule has 2 saturated carbocycles. The Bertz CT molecular complexity index is 453. The van der Waals surface area contributed by atoms with E-state index in [1.807, 2.05) is 13.8 Å². The summed E-state index contributed by atoms with van der Waals surface area (Å²) in [5, 5.41) is 0. The van der Waals surface area contributed by atoms with Gasteiger partial charge in [0.1, 0.15) is 5.78 Å². The Labute approximate surface area is 101 Å². The molecule has 0 saturated heterocycles. The topological polar surface area (TPSA) is 71.4 Å². The number of hydrogen-bond donors (Lipinski definition) is 2. The van der Waals surface area contributed by atoms with E-state index in [0.717, 1.165) is 6.42 Å². The zero-order chi connectivity index (χ0) is 12.4. The molecule has 0 aromatic heterocycles. The SMILES string of the molecule is CC1(C)C2(S)CCC1(CS(=O)(=O)O)C(=O)C2. The molecule has 2 fully saturated rings. The molecule has 2 aliphatic rings. The van der Waals surface area contributed by atoms with E-state index in [1.165, 1.54) is 0 Å². The molecule has 6 heteroatoms. The molecule has 0 aliphatic heterocycles. The predicted molar refractivity (Wildman–Crippen MR) is 63.2 cm³/mol. The maximum absolute atomic E-state index is 12.0. The van der Waals surface area contributed by atoms with E-state index >= 15 is 0 Å². The van der Waals surface area contributed by atoms with Crippen LogP contribution in [0.2, 0.25) is 0 Å². The largest absolute Gasteiger partial charge is 0.299 e. The number of fused-ring (bicyclic) bond motifs is 2. The van der Waals surface area contributed by atoms with Gasteiger partial charge in [0.2, 0.25) is 0 Å². The lowest BCUT2D eigenvalue weighted by Gasteiger charge is -2.38. The molecule has 1 N–H and O–H groups in total. The number of thiol groups is 1. The van der Waals surface area contributed by atoms with Crippen LogP contribution in [0.1, 0.15) is 33.1 Å². The second-order valence-corrected chi connectivity index (χ2v) is 7.87. The highest BCUT2D eigenvalue weighted by molar-refractivity contribution is 7.85. The summed E-state index contributed by atoms with van der Waals surface area (Å²) in [7, 11) is -4.14. The van der Waals surface area contributed by atoms with Gasteiger partial charge in [0.15, 0.2) is 0 Å². The van der Waals surface area contributed by atoms with Crippen molar-refractivity contribution < 1.29 is 17.8 Å². The van der Waals surface area contributed by atoms with Gasteiger partial charge in [-0.25, -0.2) is 0 Å². The molecule has 2 atom stereocenters. The molecule has 4 nitrogen and oxygen atoms in total. The van der Waals surface area contributed by atoms with Crippen molar-refractivity contribution in [2.24, 2.45) is 10.8 Å². The summed E-state index contributed by atoms with van der Waals surface area (Å²) in [4.78, 5) is 12.0. The van der Waals surface area contributed by atoms with Crippen LogP contribution in [0.3, 0.4) is 0 Å². The van der Waals surface area contributed by atoms with Crippen LogP contribution >= 0.6 is 12.6 Å². The number of carbonyl (C=O) groups is 1. The van der Waals surface area contributed by atoms with E-state index in [9.17, 15) is 13.2 Å². The van der Waals surface area contributed by atoms with E-state index < -0.39 is 31.4 Å². The Kier molecular flexibility index (Phi) is 2.34. The second-order valence-electron chi connectivity index (χ2n) is 5.56. The van der Waals surface area contributed by atoms with Crippen LogP contribution in [-0.4, -0.2) is 29.3 Å². The third-order valence-corrected chi connectivity index (χ3v) is 6.54. The van der Waals surface area contributed by atoms with Crippen LogP contribution in [0.15, 0.2) is 0 Å². The number of ketones is 1. The second kappa shape index (κ2) is 3.03. The van der Waals surface area contributed by atoms with Crippen LogP contribution in [0, 0.1) is 10.8 Å². The van der Waals surface area contributed by atoms with Crippen molar-refractivity contribution in [2.75, 3.05) is 5.75 Å². The van der Waals surface area contributed by atoms with Crippen LogP contribution in [0.4, 0.5) is 0 Å². The summed E-state index contributed by atoms with van der Waals surface area (Å²) < 4.78 is 30.8. The summed E-state index contributed by atoms with van der Waals surface area (Å²) in [6.07, 6.45) is 1.53. The standard InChI is InChI=1S/C10H16O4S2/c1-8(2)9(6-16(12,13)14)3-4-10(8,15)5-7(9)11/h15H,3-6H2,1-2H3,(H,12,13,14). The zero-order valence-corrected chi connectivity index (χ0v) is 11.1. The first-order valence-electron chi connectivity index (χ1n) is 5.25. The highest BCUT2D eigenvalue weighted by Crippen LogP contribution is 2.68. The summed E-state index contributed by atoms with van der Waals surface area (Å²) in [5.41, 5.74) is -1.43. The molecule has 0 heterocycles. The average molecular weight is 264 g/mol. The van der Waals surface area contributed by atoms with Crippen LogP contribution in [0.5, 0.6) is 0 Å². The van der Waals surface area contributed by atoms with Gasteiger partial charge in [-0.05, 0) is 18.3 Å².